The standard InChI is InChI=1S/C10H6BrNO3/c11-4-8(14)6-1-2-7-9(3-6)15-10(5-13)12-7/h1-3,5H,4H2. The summed E-state index contributed by atoms with van der Waals surface area (Å²) in [5.74, 6) is -0.0191. The lowest BCUT2D eigenvalue weighted by atomic mass is 10.1. The monoisotopic (exact) mass is 267 g/mol. The van der Waals surface area contributed by atoms with Crippen LogP contribution in [0.3, 0.4) is 0 Å². The first-order valence-electron chi connectivity index (χ1n) is 4.19. The Balaban J connectivity index is 2.55. The molecule has 0 bridgehead atoms. The molecule has 0 radical (unpaired) electrons. The van der Waals surface area contributed by atoms with E-state index in [-0.39, 0.29) is 17.0 Å². The summed E-state index contributed by atoms with van der Waals surface area (Å²) >= 11 is 3.08. The first-order chi connectivity index (χ1) is 7.24. The molecular formula is C10H6BrNO3. The molecule has 0 saturated carbocycles. The van der Waals surface area contributed by atoms with E-state index in [0.29, 0.717) is 22.9 Å². The van der Waals surface area contributed by atoms with Crippen LogP contribution in [-0.2, 0) is 0 Å². The molecule has 1 heterocycles. The molecule has 0 aliphatic heterocycles. The molecule has 1 aromatic heterocycles. The van der Waals surface area contributed by atoms with Gasteiger partial charge in [-0.25, -0.2) is 4.98 Å². The number of rotatable bonds is 3. The van der Waals surface area contributed by atoms with Crippen molar-refractivity contribution in [2.24, 2.45) is 0 Å². The predicted molar refractivity (Wildman–Crippen MR) is 57.5 cm³/mol. The van der Waals surface area contributed by atoms with Gasteiger partial charge in [-0.2, -0.15) is 0 Å². The van der Waals surface area contributed by atoms with Crippen LogP contribution in [0.1, 0.15) is 21.0 Å². The Kier molecular flexibility index (Phi) is 2.64. The molecule has 1 aromatic carbocycles. The summed E-state index contributed by atoms with van der Waals surface area (Å²) in [4.78, 5) is 25.7. The van der Waals surface area contributed by atoms with Crippen molar-refractivity contribution in [3.63, 3.8) is 0 Å². The zero-order chi connectivity index (χ0) is 10.8. The number of benzene rings is 1. The van der Waals surface area contributed by atoms with Crippen LogP contribution in [0.5, 0.6) is 0 Å². The maximum absolute atomic E-state index is 11.4. The second kappa shape index (κ2) is 3.94. The molecular weight excluding hydrogens is 262 g/mol. The minimum atomic E-state index is -0.0408. The van der Waals surface area contributed by atoms with Crippen molar-refractivity contribution >= 4 is 39.1 Å². The van der Waals surface area contributed by atoms with Gasteiger partial charge in [-0.15, -0.1) is 0 Å². The Morgan fingerprint density at radius 1 is 1.53 bits per heavy atom. The number of nitrogens with zero attached hydrogens (tertiary/aromatic N) is 1. The number of aldehydes is 1. The van der Waals surface area contributed by atoms with Crippen molar-refractivity contribution in [2.75, 3.05) is 5.33 Å². The highest BCUT2D eigenvalue weighted by molar-refractivity contribution is 9.09. The average Bonchev–Trinajstić information content (AvgIpc) is 2.69. The first kappa shape index (κ1) is 10.0. The third-order valence-electron chi connectivity index (χ3n) is 1.95. The smallest absolute Gasteiger partial charge is 0.260 e. The highest BCUT2D eigenvalue weighted by Crippen LogP contribution is 2.17. The van der Waals surface area contributed by atoms with E-state index in [1.165, 1.54) is 0 Å². The van der Waals surface area contributed by atoms with Gasteiger partial charge >= 0.3 is 0 Å². The van der Waals surface area contributed by atoms with Gasteiger partial charge in [0.2, 0.25) is 6.29 Å². The molecule has 76 valence electrons. The van der Waals surface area contributed by atoms with E-state index in [9.17, 15) is 9.59 Å². The van der Waals surface area contributed by atoms with E-state index in [0.717, 1.165) is 0 Å². The molecule has 0 amide bonds. The number of fused-ring (bicyclic) bond motifs is 1. The molecule has 0 aliphatic carbocycles. The molecule has 5 heteroatoms. The van der Waals surface area contributed by atoms with E-state index in [2.05, 4.69) is 20.9 Å². The minimum Gasteiger partial charge on any atom is -0.434 e. The molecule has 0 N–H and O–H groups in total. The van der Waals surface area contributed by atoms with Crippen LogP contribution in [0.4, 0.5) is 0 Å². The molecule has 2 rings (SSSR count). The molecule has 0 atom stereocenters. The fourth-order valence-electron chi connectivity index (χ4n) is 1.24. The number of hydrogen-bond donors (Lipinski definition) is 0. The lowest BCUT2D eigenvalue weighted by Gasteiger charge is -1.94. The zero-order valence-corrected chi connectivity index (χ0v) is 9.15. The van der Waals surface area contributed by atoms with Crippen LogP contribution in [0.15, 0.2) is 22.6 Å². The fourth-order valence-corrected chi connectivity index (χ4v) is 1.57. The van der Waals surface area contributed by atoms with Gasteiger partial charge in [0, 0.05) is 5.56 Å². The van der Waals surface area contributed by atoms with Crippen LogP contribution in [0.25, 0.3) is 11.1 Å². The van der Waals surface area contributed by atoms with Gasteiger partial charge in [-0.05, 0) is 18.2 Å². The van der Waals surface area contributed by atoms with Gasteiger partial charge in [-0.3, -0.25) is 9.59 Å². The zero-order valence-electron chi connectivity index (χ0n) is 7.57. The topological polar surface area (TPSA) is 60.2 Å². The largest absolute Gasteiger partial charge is 0.434 e. The normalized spacial score (nSPS) is 10.5. The number of oxazole rings is 1. The molecule has 0 unspecified atom stereocenters. The Morgan fingerprint density at radius 2 is 2.33 bits per heavy atom. The number of aromatic nitrogens is 1. The number of halogens is 1. The molecule has 15 heavy (non-hydrogen) atoms. The minimum absolute atomic E-state index is 0.0217. The summed E-state index contributed by atoms with van der Waals surface area (Å²) in [5, 5.41) is 0.257. The molecule has 0 saturated heterocycles. The highest BCUT2D eigenvalue weighted by Gasteiger charge is 2.09. The second-order valence-corrected chi connectivity index (χ2v) is 3.47. The van der Waals surface area contributed by atoms with Crippen molar-refractivity contribution in [1.82, 2.24) is 4.98 Å². The Hall–Kier alpha value is -1.49. The third kappa shape index (κ3) is 1.83. The predicted octanol–water partition coefficient (Wildman–Crippen LogP) is 2.22. The number of Topliss-reactive ketones (excluding diaryl/α,β-unsaturated/α-hetero) is 1. The van der Waals surface area contributed by atoms with Crippen LogP contribution in [0.2, 0.25) is 0 Å². The van der Waals surface area contributed by atoms with E-state index < -0.39 is 0 Å². The lowest BCUT2D eigenvalue weighted by molar-refractivity contribution is 0.102. The van der Waals surface area contributed by atoms with E-state index in [1.807, 2.05) is 0 Å². The summed E-state index contributed by atoms with van der Waals surface area (Å²) in [5.41, 5.74) is 1.56. The second-order valence-electron chi connectivity index (χ2n) is 2.91. The van der Waals surface area contributed by atoms with Gasteiger partial charge < -0.3 is 4.42 Å². The van der Waals surface area contributed by atoms with Crippen molar-refractivity contribution in [3.05, 3.63) is 29.7 Å². The quantitative estimate of drug-likeness (QED) is 0.486. The molecule has 2 aromatic rings. The molecule has 0 spiro atoms. The SMILES string of the molecule is O=Cc1nc2ccc(C(=O)CBr)cc2o1. The van der Waals surface area contributed by atoms with E-state index >= 15 is 0 Å². The van der Waals surface area contributed by atoms with Gasteiger partial charge in [0.15, 0.2) is 11.4 Å². The number of carbonyl (C=O) groups is 2. The summed E-state index contributed by atoms with van der Waals surface area (Å²) in [7, 11) is 0. The van der Waals surface area contributed by atoms with Crippen LogP contribution >= 0.6 is 15.9 Å². The lowest BCUT2D eigenvalue weighted by Crippen LogP contribution is -1.98. The van der Waals surface area contributed by atoms with Crippen molar-refractivity contribution in [2.45, 2.75) is 0 Å². The highest BCUT2D eigenvalue weighted by atomic mass is 79.9. The third-order valence-corrected chi connectivity index (χ3v) is 2.46. The summed E-state index contributed by atoms with van der Waals surface area (Å²) in [6, 6.07) is 4.89. The summed E-state index contributed by atoms with van der Waals surface area (Å²) < 4.78 is 5.11. The van der Waals surface area contributed by atoms with Gasteiger partial charge in [0.25, 0.3) is 5.89 Å². The molecule has 0 fully saturated rings. The van der Waals surface area contributed by atoms with E-state index in [4.69, 9.17) is 4.42 Å². The number of hydrogen-bond acceptors (Lipinski definition) is 4. The molecule has 0 aliphatic rings. The van der Waals surface area contributed by atoms with Crippen molar-refractivity contribution < 1.29 is 14.0 Å². The fraction of sp³-hybridized carbons (Fsp3) is 0.100. The van der Waals surface area contributed by atoms with E-state index in [1.54, 1.807) is 18.2 Å². The van der Waals surface area contributed by atoms with Crippen LogP contribution in [-0.4, -0.2) is 22.4 Å². The summed E-state index contributed by atoms with van der Waals surface area (Å²) in [6.45, 7) is 0. The van der Waals surface area contributed by atoms with Crippen molar-refractivity contribution in [3.8, 4) is 0 Å². The number of carbonyl (C=O) groups excluding carboxylic acids is 2. The number of ketones is 1. The average molecular weight is 268 g/mol. The molecule has 4 nitrogen and oxygen atoms in total. The van der Waals surface area contributed by atoms with Gasteiger partial charge in [-0.1, -0.05) is 15.9 Å². The maximum atomic E-state index is 11.4. The summed E-state index contributed by atoms with van der Waals surface area (Å²) in [6.07, 6.45) is 0.534. The number of alkyl halides is 1. The van der Waals surface area contributed by atoms with Crippen molar-refractivity contribution in [1.29, 1.82) is 0 Å². The maximum Gasteiger partial charge on any atom is 0.260 e. The Morgan fingerprint density at radius 3 is 3.00 bits per heavy atom. The van der Waals surface area contributed by atoms with Gasteiger partial charge in [0.05, 0.1) is 5.33 Å². The van der Waals surface area contributed by atoms with Crippen LogP contribution in [0, 0.1) is 0 Å². The van der Waals surface area contributed by atoms with Gasteiger partial charge in [0.1, 0.15) is 5.52 Å². The first-order valence-corrected chi connectivity index (χ1v) is 5.31. The Bertz CT molecular complexity index is 532. The van der Waals surface area contributed by atoms with Crippen LogP contribution < -0.4 is 0 Å². The Labute approximate surface area is 93.4 Å².